The predicted molar refractivity (Wildman–Crippen MR) is 71.7 cm³/mol. The fourth-order valence-corrected chi connectivity index (χ4v) is 1.52. The van der Waals surface area contributed by atoms with Gasteiger partial charge >= 0.3 is 0 Å². The number of aromatic nitrogens is 1. The SMILES string of the molecule is CCC(Nc1nc(N)cc(N)c1C#N)OC(C)C. The molecule has 0 aromatic carbocycles. The van der Waals surface area contributed by atoms with Crippen LogP contribution in [0.1, 0.15) is 32.8 Å². The van der Waals surface area contributed by atoms with E-state index < -0.39 is 0 Å². The fraction of sp³-hybridized carbons (Fsp3) is 0.500. The third-order valence-electron chi connectivity index (χ3n) is 2.29. The summed E-state index contributed by atoms with van der Waals surface area (Å²) >= 11 is 0. The minimum Gasteiger partial charge on any atom is -0.397 e. The Morgan fingerprint density at radius 1 is 1.50 bits per heavy atom. The molecule has 1 atom stereocenters. The van der Waals surface area contributed by atoms with Gasteiger partial charge in [0.05, 0.1) is 11.8 Å². The lowest BCUT2D eigenvalue weighted by Gasteiger charge is -2.21. The Labute approximate surface area is 107 Å². The third kappa shape index (κ3) is 3.50. The molecule has 0 radical (unpaired) electrons. The number of anilines is 3. The van der Waals surface area contributed by atoms with E-state index in [1.807, 2.05) is 26.8 Å². The van der Waals surface area contributed by atoms with Crippen molar-refractivity contribution in [2.75, 3.05) is 16.8 Å². The summed E-state index contributed by atoms with van der Waals surface area (Å²) in [6.45, 7) is 5.86. The van der Waals surface area contributed by atoms with Gasteiger partial charge in [-0.2, -0.15) is 5.26 Å². The van der Waals surface area contributed by atoms with Crippen molar-refractivity contribution in [3.8, 4) is 6.07 Å². The van der Waals surface area contributed by atoms with Gasteiger partial charge in [0.1, 0.15) is 29.5 Å². The number of nitriles is 1. The number of nitrogen functional groups attached to an aromatic ring is 2. The zero-order valence-corrected chi connectivity index (χ0v) is 10.9. The molecule has 1 unspecified atom stereocenters. The molecule has 0 amide bonds. The van der Waals surface area contributed by atoms with Crippen LogP contribution in [0.2, 0.25) is 0 Å². The molecule has 0 aliphatic heterocycles. The van der Waals surface area contributed by atoms with Crippen LogP contribution in [-0.2, 0) is 4.74 Å². The molecule has 0 spiro atoms. The highest BCUT2D eigenvalue weighted by molar-refractivity contribution is 5.69. The number of hydrogen-bond acceptors (Lipinski definition) is 6. The first-order chi connectivity index (χ1) is 8.47. The first kappa shape index (κ1) is 14.1. The van der Waals surface area contributed by atoms with Gasteiger partial charge in [0, 0.05) is 6.07 Å². The Kier molecular flexibility index (Phi) is 4.75. The molecule has 1 aromatic rings. The summed E-state index contributed by atoms with van der Waals surface area (Å²) in [6.07, 6.45) is 0.580. The van der Waals surface area contributed by atoms with Crippen molar-refractivity contribution in [2.45, 2.75) is 39.5 Å². The summed E-state index contributed by atoms with van der Waals surface area (Å²) in [5.41, 5.74) is 11.9. The average Bonchev–Trinajstić information content (AvgIpc) is 2.27. The second kappa shape index (κ2) is 6.07. The van der Waals surface area contributed by atoms with Gasteiger partial charge < -0.3 is 21.5 Å². The van der Waals surface area contributed by atoms with Gasteiger partial charge in [0.15, 0.2) is 0 Å². The summed E-state index contributed by atoms with van der Waals surface area (Å²) in [4.78, 5) is 4.08. The van der Waals surface area contributed by atoms with Gasteiger partial charge in [-0.15, -0.1) is 0 Å². The van der Waals surface area contributed by atoms with Crippen LogP contribution in [0.15, 0.2) is 6.07 Å². The van der Waals surface area contributed by atoms with Gasteiger partial charge in [-0.1, -0.05) is 6.92 Å². The van der Waals surface area contributed by atoms with Crippen LogP contribution in [0.5, 0.6) is 0 Å². The molecule has 0 saturated heterocycles. The first-order valence-electron chi connectivity index (χ1n) is 5.86. The minimum absolute atomic E-state index is 0.0754. The van der Waals surface area contributed by atoms with E-state index in [0.29, 0.717) is 11.5 Å². The largest absolute Gasteiger partial charge is 0.397 e. The summed E-state index contributed by atoms with van der Waals surface area (Å²) in [7, 11) is 0. The minimum atomic E-state index is -0.231. The Hall–Kier alpha value is -2.00. The molecule has 5 N–H and O–H groups in total. The summed E-state index contributed by atoms with van der Waals surface area (Å²) in [6, 6.07) is 3.48. The number of nitrogens with two attached hydrogens (primary N) is 2. The van der Waals surface area contributed by atoms with Gasteiger partial charge in [-0.05, 0) is 20.3 Å². The number of pyridine rings is 1. The third-order valence-corrected chi connectivity index (χ3v) is 2.29. The molecule has 0 fully saturated rings. The molecule has 0 bridgehead atoms. The van der Waals surface area contributed by atoms with Crippen LogP contribution in [0.25, 0.3) is 0 Å². The second-order valence-electron chi connectivity index (χ2n) is 4.20. The zero-order chi connectivity index (χ0) is 13.7. The van der Waals surface area contributed by atoms with Crippen LogP contribution >= 0.6 is 0 Å². The molecule has 98 valence electrons. The Morgan fingerprint density at radius 2 is 2.17 bits per heavy atom. The van der Waals surface area contributed by atoms with Crippen LogP contribution in [0, 0.1) is 11.3 Å². The molecular weight excluding hydrogens is 230 g/mol. The van der Waals surface area contributed by atoms with E-state index in [1.165, 1.54) is 6.07 Å². The molecule has 0 aliphatic carbocycles. The Morgan fingerprint density at radius 3 is 2.67 bits per heavy atom. The van der Waals surface area contributed by atoms with E-state index in [4.69, 9.17) is 21.5 Å². The van der Waals surface area contributed by atoms with Crippen molar-refractivity contribution >= 4 is 17.3 Å². The lowest BCUT2D eigenvalue weighted by molar-refractivity contribution is 0.0223. The Bertz CT molecular complexity index is 453. The van der Waals surface area contributed by atoms with Gasteiger partial charge in [-0.3, -0.25) is 0 Å². The zero-order valence-electron chi connectivity index (χ0n) is 10.9. The van der Waals surface area contributed by atoms with E-state index in [9.17, 15) is 0 Å². The van der Waals surface area contributed by atoms with E-state index in [2.05, 4.69) is 10.3 Å². The van der Waals surface area contributed by atoms with Gasteiger partial charge in [0.2, 0.25) is 0 Å². The number of nitrogens with zero attached hydrogens (tertiary/aromatic N) is 2. The van der Waals surface area contributed by atoms with Gasteiger partial charge in [-0.25, -0.2) is 4.98 Å². The van der Waals surface area contributed by atoms with Crippen LogP contribution in [0.4, 0.5) is 17.3 Å². The molecule has 1 rings (SSSR count). The summed E-state index contributed by atoms with van der Waals surface area (Å²) in [5, 5.41) is 12.1. The number of hydrogen-bond donors (Lipinski definition) is 3. The highest BCUT2D eigenvalue weighted by Gasteiger charge is 2.14. The molecule has 18 heavy (non-hydrogen) atoms. The number of rotatable bonds is 5. The molecule has 0 aliphatic rings. The lowest BCUT2D eigenvalue weighted by Crippen LogP contribution is -2.26. The Balaban J connectivity index is 2.99. The van der Waals surface area contributed by atoms with Crippen molar-refractivity contribution in [1.29, 1.82) is 5.26 Å². The van der Waals surface area contributed by atoms with E-state index >= 15 is 0 Å². The molecule has 0 saturated carbocycles. The predicted octanol–water partition coefficient (Wildman–Crippen LogP) is 1.69. The average molecular weight is 249 g/mol. The lowest BCUT2D eigenvalue weighted by atomic mass is 10.2. The smallest absolute Gasteiger partial charge is 0.150 e. The van der Waals surface area contributed by atoms with Crippen molar-refractivity contribution in [3.05, 3.63) is 11.6 Å². The van der Waals surface area contributed by atoms with E-state index in [1.54, 1.807) is 0 Å². The van der Waals surface area contributed by atoms with Crippen molar-refractivity contribution in [2.24, 2.45) is 0 Å². The van der Waals surface area contributed by atoms with E-state index in [-0.39, 0.29) is 23.7 Å². The number of nitrogens with one attached hydrogen (secondary N) is 1. The first-order valence-corrected chi connectivity index (χ1v) is 5.86. The number of ether oxygens (including phenoxy) is 1. The molecule has 1 aromatic heterocycles. The highest BCUT2D eigenvalue weighted by Crippen LogP contribution is 2.22. The molecule has 1 heterocycles. The maximum absolute atomic E-state index is 9.07. The molecular formula is C12H19N5O. The summed E-state index contributed by atoms with van der Waals surface area (Å²) in [5.74, 6) is 0.635. The van der Waals surface area contributed by atoms with Gasteiger partial charge in [0.25, 0.3) is 0 Å². The normalized spacial score (nSPS) is 12.2. The topological polar surface area (TPSA) is 110 Å². The maximum atomic E-state index is 9.07. The van der Waals surface area contributed by atoms with Crippen LogP contribution in [-0.4, -0.2) is 17.3 Å². The van der Waals surface area contributed by atoms with E-state index in [0.717, 1.165) is 6.42 Å². The quantitative estimate of drug-likeness (QED) is 0.685. The standard InChI is InChI=1S/C12H19N5O/c1-4-11(18-7(2)3)17-12-8(6-13)9(14)5-10(15)16-12/h5,7,11H,4H2,1-3H3,(H5,14,15,16,17). The fourth-order valence-electron chi connectivity index (χ4n) is 1.52. The molecule has 6 nitrogen and oxygen atoms in total. The highest BCUT2D eigenvalue weighted by atomic mass is 16.5. The molecule has 6 heteroatoms. The van der Waals surface area contributed by atoms with Crippen LogP contribution < -0.4 is 16.8 Å². The van der Waals surface area contributed by atoms with Crippen molar-refractivity contribution in [1.82, 2.24) is 4.98 Å². The van der Waals surface area contributed by atoms with Crippen molar-refractivity contribution in [3.63, 3.8) is 0 Å². The monoisotopic (exact) mass is 249 g/mol. The summed E-state index contributed by atoms with van der Waals surface area (Å²) < 4.78 is 5.64. The van der Waals surface area contributed by atoms with Crippen LogP contribution in [0.3, 0.4) is 0 Å². The van der Waals surface area contributed by atoms with Crippen molar-refractivity contribution < 1.29 is 4.74 Å². The maximum Gasteiger partial charge on any atom is 0.150 e. The second-order valence-corrected chi connectivity index (χ2v) is 4.20.